The van der Waals surface area contributed by atoms with Crippen molar-refractivity contribution >= 4 is 49.8 Å². The molecule has 0 saturated heterocycles. The van der Waals surface area contributed by atoms with Gasteiger partial charge >= 0.3 is 0 Å². The first-order valence-electron chi connectivity index (χ1n) is 22.2. The van der Waals surface area contributed by atoms with Crippen molar-refractivity contribution in [2.24, 2.45) is 0 Å². The molecule has 0 aliphatic heterocycles. The van der Waals surface area contributed by atoms with Gasteiger partial charge < -0.3 is 9.32 Å². The third-order valence-corrected chi connectivity index (χ3v) is 11.3. The van der Waals surface area contributed by atoms with Gasteiger partial charge in [0.25, 0.3) is 0 Å². The van der Waals surface area contributed by atoms with E-state index in [9.17, 15) is 5.48 Å². The summed E-state index contributed by atoms with van der Waals surface area (Å²) in [5.74, 6) is 0. The summed E-state index contributed by atoms with van der Waals surface area (Å²) in [5, 5.41) is 4.07. The molecule has 11 aromatic rings. The molecule has 0 atom stereocenters. The summed E-state index contributed by atoms with van der Waals surface area (Å²) in [4.78, 5) is 1.89. The van der Waals surface area contributed by atoms with Crippen LogP contribution in [0.3, 0.4) is 0 Å². The molecule has 0 aliphatic carbocycles. The molecule has 0 saturated carbocycles. The Morgan fingerprint density at radius 1 is 0.350 bits per heavy atom. The van der Waals surface area contributed by atoms with Crippen LogP contribution in [-0.4, -0.2) is 0 Å². The van der Waals surface area contributed by atoms with Gasteiger partial charge in [-0.3, -0.25) is 0 Å². The van der Waals surface area contributed by atoms with E-state index in [1.807, 2.05) is 132 Å². The summed E-state index contributed by atoms with van der Waals surface area (Å²) >= 11 is 0. The van der Waals surface area contributed by atoms with Crippen molar-refractivity contribution in [2.75, 3.05) is 4.90 Å². The quantitative estimate of drug-likeness (QED) is 0.153. The molecule has 1 heterocycles. The molecule has 10 aromatic carbocycles. The molecule has 0 N–H and O–H groups in total. The lowest BCUT2D eigenvalue weighted by Crippen LogP contribution is -2.11. The van der Waals surface area contributed by atoms with Crippen LogP contribution in [0.5, 0.6) is 0 Å². The van der Waals surface area contributed by atoms with E-state index in [0.717, 1.165) is 77.2 Å². The number of para-hydroxylation sites is 1. The lowest BCUT2D eigenvalue weighted by molar-refractivity contribution is 0.673. The van der Waals surface area contributed by atoms with Crippen LogP contribution in [0.25, 0.3) is 88.3 Å². The number of hydrogen-bond donors (Lipinski definition) is 0. The normalized spacial score (nSPS) is 12.3. The van der Waals surface area contributed by atoms with Gasteiger partial charge in [-0.1, -0.05) is 182 Å². The monoisotopic (exact) mass is 769 g/mol. The van der Waals surface area contributed by atoms with E-state index in [0.29, 0.717) is 16.9 Å². The number of anilines is 3. The smallest absolute Gasteiger partial charge is 0.143 e. The van der Waals surface area contributed by atoms with Crippen molar-refractivity contribution < 1.29 is 9.90 Å². The minimum absolute atomic E-state index is 0.118. The lowest BCUT2D eigenvalue weighted by Gasteiger charge is -2.28. The Morgan fingerprint density at radius 2 is 0.883 bits per heavy atom. The van der Waals surface area contributed by atoms with Crippen molar-refractivity contribution in [1.29, 1.82) is 0 Å². The maximum absolute atomic E-state index is 9.77. The fourth-order valence-corrected chi connectivity index (χ4v) is 8.42. The van der Waals surface area contributed by atoms with Crippen molar-refractivity contribution in [3.8, 4) is 55.6 Å². The zero-order valence-corrected chi connectivity index (χ0v) is 32.6. The Labute approximate surface area is 355 Å². The van der Waals surface area contributed by atoms with Gasteiger partial charge in [-0.25, -0.2) is 0 Å². The number of benzene rings is 10. The van der Waals surface area contributed by atoms with E-state index >= 15 is 0 Å². The van der Waals surface area contributed by atoms with Gasteiger partial charge in [-0.05, 0) is 110 Å². The van der Waals surface area contributed by atoms with E-state index < -0.39 is 0 Å². The molecular formula is C58H39NO. The third kappa shape index (κ3) is 6.41. The standard InChI is InChI=1S/C58H39NO/c1-3-14-40(15-4-1)45-19-11-21-47(38-45)42-28-33-49(34-29-42)59(50-35-30-43(31-36-50)48-22-12-20-46(39-48)41-16-5-2-6-17-41)55-26-10-9-24-52(55)53-25-13-27-56-57(53)54-37-32-44-18-7-8-23-51(44)58(54)60-56/h1-39H/i28D,29D,33D,34D. The maximum atomic E-state index is 9.77. The van der Waals surface area contributed by atoms with Crippen molar-refractivity contribution in [2.45, 2.75) is 0 Å². The van der Waals surface area contributed by atoms with E-state index in [2.05, 4.69) is 84.9 Å². The molecule has 1 aromatic heterocycles. The number of hydrogen-bond acceptors (Lipinski definition) is 2. The molecule has 60 heavy (non-hydrogen) atoms. The highest BCUT2D eigenvalue weighted by molar-refractivity contribution is 6.19. The Bertz CT molecular complexity index is 3520. The zero-order valence-electron chi connectivity index (χ0n) is 36.6. The highest BCUT2D eigenvalue weighted by Gasteiger charge is 2.21. The van der Waals surface area contributed by atoms with Crippen LogP contribution in [0.1, 0.15) is 5.48 Å². The van der Waals surface area contributed by atoms with Crippen molar-refractivity contribution in [1.82, 2.24) is 0 Å². The van der Waals surface area contributed by atoms with Gasteiger partial charge in [-0.2, -0.15) is 0 Å². The highest BCUT2D eigenvalue weighted by Crippen LogP contribution is 2.46. The number of furan rings is 1. The Kier molecular flexibility index (Phi) is 7.83. The van der Waals surface area contributed by atoms with E-state index in [1.54, 1.807) is 0 Å². The number of nitrogens with zero attached hydrogens (tertiary/aromatic N) is 1. The van der Waals surface area contributed by atoms with Crippen molar-refractivity contribution in [3.05, 3.63) is 236 Å². The van der Waals surface area contributed by atoms with Gasteiger partial charge in [0.15, 0.2) is 0 Å². The molecule has 282 valence electrons. The van der Waals surface area contributed by atoms with Gasteiger partial charge in [-0.15, -0.1) is 0 Å². The minimum atomic E-state index is -0.144. The van der Waals surface area contributed by atoms with Gasteiger partial charge in [0.1, 0.15) is 11.2 Å². The second-order valence-electron chi connectivity index (χ2n) is 15.0. The molecule has 2 heteroatoms. The van der Waals surface area contributed by atoms with Crippen LogP contribution in [-0.2, 0) is 0 Å². The topological polar surface area (TPSA) is 16.4 Å². The molecule has 0 fully saturated rings. The first-order valence-corrected chi connectivity index (χ1v) is 20.2. The van der Waals surface area contributed by atoms with Gasteiger partial charge in [0.2, 0.25) is 0 Å². The molecule has 2 nitrogen and oxygen atoms in total. The summed E-state index contributed by atoms with van der Waals surface area (Å²) < 4.78 is 45.3. The highest BCUT2D eigenvalue weighted by atomic mass is 16.3. The van der Waals surface area contributed by atoms with Crippen LogP contribution in [0.15, 0.2) is 241 Å². The summed E-state index contributed by atoms with van der Waals surface area (Å²) in [6.07, 6.45) is 0. The zero-order chi connectivity index (χ0) is 43.3. The molecule has 0 aliphatic rings. The first-order chi connectivity index (χ1) is 31.4. The maximum Gasteiger partial charge on any atom is 0.143 e. The van der Waals surface area contributed by atoms with Gasteiger partial charge in [0.05, 0.1) is 11.2 Å². The molecular weight excluding hydrogens is 727 g/mol. The fourth-order valence-electron chi connectivity index (χ4n) is 8.42. The minimum Gasteiger partial charge on any atom is -0.455 e. The van der Waals surface area contributed by atoms with E-state index in [4.69, 9.17) is 4.42 Å². The largest absolute Gasteiger partial charge is 0.455 e. The Morgan fingerprint density at radius 3 is 1.57 bits per heavy atom. The number of rotatable bonds is 8. The van der Waals surface area contributed by atoms with Gasteiger partial charge in [0, 0.05) is 33.1 Å². The fraction of sp³-hybridized carbons (Fsp3) is 0. The number of fused-ring (bicyclic) bond motifs is 5. The third-order valence-electron chi connectivity index (χ3n) is 11.3. The Balaban J connectivity index is 1.11. The SMILES string of the molecule is [2H]c1c([2H])c(N(c2ccc(-c3cccc(-c4ccccc4)c3)cc2)c2ccccc2-c2cccc3oc4c5ccccc5ccc4c23)c([2H])c([2H])c1-c1cccc(-c2ccccc2)c1. The summed E-state index contributed by atoms with van der Waals surface area (Å²) in [6.45, 7) is 0. The van der Waals surface area contributed by atoms with Crippen LogP contribution < -0.4 is 4.90 Å². The van der Waals surface area contributed by atoms with Crippen molar-refractivity contribution in [3.63, 3.8) is 0 Å². The van der Waals surface area contributed by atoms with Crippen LogP contribution >= 0.6 is 0 Å². The summed E-state index contributed by atoms with van der Waals surface area (Å²) in [5.41, 5.74) is 12.0. The van der Waals surface area contributed by atoms with E-state index in [1.165, 1.54) is 0 Å². The second-order valence-corrected chi connectivity index (χ2v) is 15.0. The molecule has 11 rings (SSSR count). The average Bonchev–Trinajstić information content (AvgIpc) is 3.75. The van der Waals surface area contributed by atoms with Crippen LogP contribution in [0.4, 0.5) is 17.1 Å². The molecule has 0 bridgehead atoms. The predicted molar refractivity (Wildman–Crippen MR) is 253 cm³/mol. The molecule has 0 radical (unpaired) electrons. The average molecular weight is 770 g/mol. The van der Waals surface area contributed by atoms with Crippen LogP contribution in [0.2, 0.25) is 0 Å². The second kappa shape index (κ2) is 15.1. The summed E-state index contributed by atoms with van der Waals surface area (Å²) in [7, 11) is 0. The van der Waals surface area contributed by atoms with Crippen LogP contribution in [0, 0.1) is 0 Å². The molecule has 0 spiro atoms. The lowest BCUT2D eigenvalue weighted by atomic mass is 9.95. The predicted octanol–water partition coefficient (Wildman–Crippen LogP) is 16.5. The first kappa shape index (κ1) is 31.1. The van der Waals surface area contributed by atoms with E-state index in [-0.39, 0.29) is 35.4 Å². The molecule has 0 unspecified atom stereocenters. The Hall–Kier alpha value is -7.94. The summed E-state index contributed by atoms with van der Waals surface area (Å²) in [6, 6.07) is 70.6. The molecule has 0 amide bonds.